The summed E-state index contributed by atoms with van der Waals surface area (Å²) in [5.74, 6) is 0.296. The Kier molecular flexibility index (Phi) is 2.54. The lowest BCUT2D eigenvalue weighted by Gasteiger charge is -2.14. The van der Waals surface area contributed by atoms with Crippen LogP contribution in [0.5, 0.6) is 0 Å². The van der Waals surface area contributed by atoms with Crippen molar-refractivity contribution in [3.63, 3.8) is 0 Å². The molecule has 3 nitrogen and oxygen atoms in total. The van der Waals surface area contributed by atoms with Crippen LogP contribution in [0.1, 0.15) is 19.8 Å². The van der Waals surface area contributed by atoms with Gasteiger partial charge in [-0.05, 0) is 12.8 Å². The van der Waals surface area contributed by atoms with Gasteiger partial charge in [-0.15, -0.1) is 0 Å². The lowest BCUT2D eigenvalue weighted by Crippen LogP contribution is -2.26. The fourth-order valence-electron chi connectivity index (χ4n) is 1.64. The molecule has 4 heteroatoms. The number of hydrogen-bond donors (Lipinski definition) is 0. The van der Waals surface area contributed by atoms with E-state index in [1.807, 2.05) is 6.92 Å². The summed E-state index contributed by atoms with van der Waals surface area (Å²) in [6.07, 6.45) is 1.27. The molecule has 0 aromatic rings. The van der Waals surface area contributed by atoms with Crippen molar-refractivity contribution >= 4 is 9.84 Å². The molecule has 0 N–H and O–H groups in total. The van der Waals surface area contributed by atoms with E-state index in [4.69, 9.17) is 4.74 Å². The van der Waals surface area contributed by atoms with E-state index in [9.17, 15) is 8.42 Å². The molecular weight excluding hydrogens is 164 g/mol. The number of methoxy groups -OCH3 is 1. The first-order valence-corrected chi connectivity index (χ1v) is 5.57. The molecule has 0 aromatic heterocycles. The summed E-state index contributed by atoms with van der Waals surface area (Å²) >= 11 is 0. The van der Waals surface area contributed by atoms with Gasteiger partial charge in [0.15, 0.2) is 9.84 Å². The highest BCUT2D eigenvalue weighted by atomic mass is 32.2. The smallest absolute Gasteiger partial charge is 0.155 e. The maximum absolute atomic E-state index is 11.3. The molecule has 0 saturated carbocycles. The summed E-state index contributed by atoms with van der Waals surface area (Å²) in [6, 6.07) is 0. The zero-order valence-corrected chi connectivity index (χ0v) is 7.73. The van der Waals surface area contributed by atoms with Gasteiger partial charge in [-0.2, -0.15) is 0 Å². The highest BCUT2D eigenvalue weighted by Gasteiger charge is 2.38. The Morgan fingerprint density at radius 3 is 2.55 bits per heavy atom. The molecule has 1 aliphatic heterocycles. The van der Waals surface area contributed by atoms with Gasteiger partial charge in [-0.1, -0.05) is 6.92 Å². The molecule has 0 radical (unpaired) electrons. The molecule has 0 aromatic carbocycles. The van der Waals surface area contributed by atoms with E-state index in [1.54, 1.807) is 7.11 Å². The van der Waals surface area contributed by atoms with Gasteiger partial charge in [-0.25, -0.2) is 8.42 Å². The van der Waals surface area contributed by atoms with Crippen molar-refractivity contribution in [3.05, 3.63) is 0 Å². The molecular formula is C7H14O3S. The molecule has 2 atom stereocenters. The molecule has 1 heterocycles. The van der Waals surface area contributed by atoms with E-state index in [1.165, 1.54) is 0 Å². The predicted octanol–water partition coefficient (Wildman–Crippen LogP) is 0.599. The van der Waals surface area contributed by atoms with Gasteiger partial charge in [0, 0.05) is 7.11 Å². The summed E-state index contributed by atoms with van der Waals surface area (Å²) in [6.45, 7) is 1.89. The zero-order valence-electron chi connectivity index (χ0n) is 6.91. The molecule has 66 valence electrons. The number of ether oxygens (including phenoxy) is 1. The SMILES string of the molecule is CC[C@@H]1[C@H](OC)CCS1(=O)=O. The minimum Gasteiger partial charge on any atom is -0.380 e. The Balaban J connectivity index is 2.80. The second kappa shape index (κ2) is 3.11. The van der Waals surface area contributed by atoms with Crippen LogP contribution >= 0.6 is 0 Å². The molecule has 1 saturated heterocycles. The van der Waals surface area contributed by atoms with E-state index >= 15 is 0 Å². The fourth-order valence-corrected chi connectivity index (χ4v) is 3.72. The van der Waals surface area contributed by atoms with Crippen molar-refractivity contribution < 1.29 is 13.2 Å². The summed E-state index contributed by atoms with van der Waals surface area (Å²) in [4.78, 5) is 0. The van der Waals surface area contributed by atoms with Gasteiger partial charge in [0.25, 0.3) is 0 Å². The Morgan fingerprint density at radius 2 is 2.18 bits per heavy atom. The third-order valence-electron chi connectivity index (χ3n) is 2.27. The summed E-state index contributed by atoms with van der Waals surface area (Å²) in [7, 11) is -1.25. The van der Waals surface area contributed by atoms with Crippen LogP contribution in [-0.2, 0) is 14.6 Å². The minimum atomic E-state index is -2.82. The monoisotopic (exact) mass is 178 g/mol. The van der Waals surface area contributed by atoms with Crippen molar-refractivity contribution in [2.75, 3.05) is 12.9 Å². The van der Waals surface area contributed by atoms with E-state index in [0.717, 1.165) is 0 Å². The van der Waals surface area contributed by atoms with Gasteiger partial charge in [0.2, 0.25) is 0 Å². The highest BCUT2D eigenvalue weighted by molar-refractivity contribution is 7.92. The van der Waals surface area contributed by atoms with Crippen molar-refractivity contribution in [2.45, 2.75) is 31.1 Å². The van der Waals surface area contributed by atoms with Crippen LogP contribution in [-0.4, -0.2) is 32.6 Å². The molecule has 0 aliphatic carbocycles. The Hall–Kier alpha value is -0.0900. The Bertz CT molecular complexity index is 220. The average molecular weight is 178 g/mol. The molecule has 1 aliphatic rings. The average Bonchev–Trinajstić information content (AvgIpc) is 2.24. The third-order valence-corrected chi connectivity index (χ3v) is 4.63. The quantitative estimate of drug-likeness (QED) is 0.622. The normalized spacial score (nSPS) is 35.8. The van der Waals surface area contributed by atoms with Crippen LogP contribution in [0, 0.1) is 0 Å². The first kappa shape index (κ1) is 9.00. The Morgan fingerprint density at radius 1 is 1.55 bits per heavy atom. The van der Waals surface area contributed by atoms with E-state index in [-0.39, 0.29) is 11.4 Å². The van der Waals surface area contributed by atoms with Crippen molar-refractivity contribution in [1.29, 1.82) is 0 Å². The molecule has 0 spiro atoms. The van der Waals surface area contributed by atoms with Gasteiger partial charge < -0.3 is 4.74 Å². The van der Waals surface area contributed by atoms with Crippen LogP contribution in [0.15, 0.2) is 0 Å². The van der Waals surface area contributed by atoms with Crippen LogP contribution in [0.4, 0.5) is 0 Å². The first-order valence-electron chi connectivity index (χ1n) is 3.86. The summed E-state index contributed by atoms with van der Waals surface area (Å²) < 4.78 is 27.6. The van der Waals surface area contributed by atoms with Crippen LogP contribution in [0.3, 0.4) is 0 Å². The number of hydrogen-bond acceptors (Lipinski definition) is 3. The lowest BCUT2D eigenvalue weighted by atomic mass is 10.2. The van der Waals surface area contributed by atoms with Crippen molar-refractivity contribution in [1.82, 2.24) is 0 Å². The topological polar surface area (TPSA) is 43.4 Å². The first-order chi connectivity index (χ1) is 5.11. The molecule has 1 fully saturated rings. The molecule has 0 bridgehead atoms. The zero-order chi connectivity index (χ0) is 8.48. The largest absolute Gasteiger partial charge is 0.380 e. The Labute approximate surface area is 67.7 Å². The summed E-state index contributed by atoms with van der Waals surface area (Å²) in [5, 5.41) is -0.257. The van der Waals surface area contributed by atoms with Crippen LogP contribution in [0.2, 0.25) is 0 Å². The molecule has 11 heavy (non-hydrogen) atoms. The molecule has 0 unspecified atom stereocenters. The van der Waals surface area contributed by atoms with E-state index in [2.05, 4.69) is 0 Å². The fraction of sp³-hybridized carbons (Fsp3) is 1.00. The highest BCUT2D eigenvalue weighted by Crippen LogP contribution is 2.25. The van der Waals surface area contributed by atoms with Gasteiger partial charge in [0.05, 0.1) is 17.1 Å². The van der Waals surface area contributed by atoms with E-state index in [0.29, 0.717) is 18.6 Å². The van der Waals surface area contributed by atoms with Gasteiger partial charge >= 0.3 is 0 Å². The lowest BCUT2D eigenvalue weighted by molar-refractivity contribution is 0.102. The third kappa shape index (κ3) is 1.56. The summed E-state index contributed by atoms with van der Waals surface area (Å²) in [5.41, 5.74) is 0. The maximum atomic E-state index is 11.3. The predicted molar refractivity (Wildman–Crippen MR) is 43.3 cm³/mol. The number of sulfone groups is 1. The standard InChI is InChI=1S/C7H14O3S/c1-3-7-6(10-2)4-5-11(7,8)9/h6-7H,3-5H2,1-2H3/t6-,7-/m1/s1. The molecule has 0 amide bonds. The van der Waals surface area contributed by atoms with Gasteiger partial charge in [-0.3, -0.25) is 0 Å². The second-order valence-electron chi connectivity index (χ2n) is 2.88. The molecule has 1 rings (SSSR count). The van der Waals surface area contributed by atoms with E-state index < -0.39 is 9.84 Å². The maximum Gasteiger partial charge on any atom is 0.155 e. The van der Waals surface area contributed by atoms with Crippen molar-refractivity contribution in [3.8, 4) is 0 Å². The minimum absolute atomic E-state index is 0.0648. The van der Waals surface area contributed by atoms with Crippen LogP contribution < -0.4 is 0 Å². The second-order valence-corrected chi connectivity index (χ2v) is 5.22. The van der Waals surface area contributed by atoms with Gasteiger partial charge in [0.1, 0.15) is 0 Å². The number of rotatable bonds is 2. The van der Waals surface area contributed by atoms with Crippen LogP contribution in [0.25, 0.3) is 0 Å². The van der Waals surface area contributed by atoms with Crippen molar-refractivity contribution in [2.24, 2.45) is 0 Å².